The second kappa shape index (κ2) is 5.46. The molecule has 0 aromatic heterocycles. The Bertz CT molecular complexity index is 391. The van der Waals surface area contributed by atoms with Crippen molar-refractivity contribution in [2.75, 3.05) is 5.32 Å². The van der Waals surface area contributed by atoms with Crippen molar-refractivity contribution >= 4 is 27.5 Å². The Morgan fingerprint density at radius 2 is 2.06 bits per heavy atom. The Morgan fingerprint density at radius 3 is 2.56 bits per heavy atom. The third kappa shape index (κ3) is 3.32. The van der Waals surface area contributed by atoms with Gasteiger partial charge in [-0.1, -0.05) is 35.8 Å². The maximum Gasteiger partial charge on any atom is 0.241 e. The number of nitrogens with two attached hydrogens (primary N) is 1. The molecule has 1 atom stereocenters. The van der Waals surface area contributed by atoms with Crippen molar-refractivity contribution in [3.63, 3.8) is 0 Å². The minimum absolute atomic E-state index is 0.133. The van der Waals surface area contributed by atoms with Gasteiger partial charge in [-0.2, -0.15) is 0 Å². The van der Waals surface area contributed by atoms with E-state index in [1.54, 1.807) is 0 Å². The first-order valence-corrected chi connectivity index (χ1v) is 6.03. The zero-order valence-electron chi connectivity index (χ0n) is 9.75. The number of benzene rings is 1. The Kier molecular flexibility index (Phi) is 4.50. The number of anilines is 1. The number of halogens is 1. The summed E-state index contributed by atoms with van der Waals surface area (Å²) in [5.41, 5.74) is 7.65. The summed E-state index contributed by atoms with van der Waals surface area (Å²) in [5.74, 6) is -0.0142. The first-order valence-electron chi connectivity index (χ1n) is 5.24. The third-order valence-corrected chi connectivity index (χ3v) is 3.31. The Labute approximate surface area is 105 Å². The Hall–Kier alpha value is -0.870. The number of nitrogens with one attached hydrogen (secondary N) is 1. The minimum Gasteiger partial charge on any atom is -0.325 e. The predicted octanol–water partition coefficient (Wildman–Crippen LogP) is 2.68. The Morgan fingerprint density at radius 1 is 1.44 bits per heavy atom. The molecular formula is C12H17BrN2O. The summed E-state index contributed by atoms with van der Waals surface area (Å²) in [5, 5.41) is 2.80. The highest BCUT2D eigenvalue weighted by Crippen LogP contribution is 2.20. The molecule has 0 spiro atoms. The minimum atomic E-state index is -0.472. The van der Waals surface area contributed by atoms with Crippen LogP contribution in [0.25, 0.3) is 0 Å². The number of amides is 1. The molecule has 1 aromatic carbocycles. The fourth-order valence-electron chi connectivity index (χ4n) is 1.20. The molecule has 0 saturated heterocycles. The molecule has 3 N–H and O–H groups in total. The van der Waals surface area contributed by atoms with Crippen LogP contribution in [0.5, 0.6) is 0 Å². The molecule has 3 nitrogen and oxygen atoms in total. The fraction of sp³-hybridized carbons (Fsp3) is 0.417. The van der Waals surface area contributed by atoms with E-state index in [1.165, 1.54) is 0 Å². The monoisotopic (exact) mass is 284 g/mol. The zero-order chi connectivity index (χ0) is 12.3. The van der Waals surface area contributed by atoms with Crippen LogP contribution in [0.4, 0.5) is 5.69 Å². The van der Waals surface area contributed by atoms with Crippen LogP contribution < -0.4 is 11.1 Å². The Balaban J connectivity index is 2.74. The molecule has 16 heavy (non-hydrogen) atoms. The van der Waals surface area contributed by atoms with Gasteiger partial charge in [0.2, 0.25) is 5.91 Å². The molecule has 0 aliphatic heterocycles. The number of hydrogen-bond donors (Lipinski definition) is 2. The largest absolute Gasteiger partial charge is 0.325 e. The van der Waals surface area contributed by atoms with Gasteiger partial charge in [-0.05, 0) is 30.5 Å². The summed E-state index contributed by atoms with van der Waals surface area (Å²) < 4.78 is 0.975. The second-order valence-corrected chi connectivity index (χ2v) is 5.08. The average molecular weight is 285 g/mol. The zero-order valence-corrected chi connectivity index (χ0v) is 11.3. The lowest BCUT2D eigenvalue weighted by Crippen LogP contribution is -2.39. The quantitative estimate of drug-likeness (QED) is 0.897. The summed E-state index contributed by atoms with van der Waals surface area (Å²) in [6.45, 7) is 5.85. The summed E-state index contributed by atoms with van der Waals surface area (Å²) in [6, 6.07) is 5.21. The van der Waals surface area contributed by atoms with Crippen LogP contribution in [0, 0.1) is 12.8 Å². The molecule has 0 aliphatic carbocycles. The third-order valence-electron chi connectivity index (χ3n) is 2.46. The lowest BCUT2D eigenvalue weighted by Gasteiger charge is -2.15. The molecule has 0 bridgehead atoms. The van der Waals surface area contributed by atoms with Crippen molar-refractivity contribution in [1.82, 2.24) is 0 Å². The maximum absolute atomic E-state index is 11.7. The van der Waals surface area contributed by atoms with Gasteiger partial charge in [0, 0.05) is 10.2 Å². The van der Waals surface area contributed by atoms with Gasteiger partial charge in [-0.15, -0.1) is 0 Å². The van der Waals surface area contributed by atoms with E-state index in [9.17, 15) is 4.79 Å². The van der Waals surface area contributed by atoms with Gasteiger partial charge in [-0.25, -0.2) is 0 Å². The molecular weight excluding hydrogens is 268 g/mol. The summed E-state index contributed by atoms with van der Waals surface area (Å²) in [6.07, 6.45) is 0. The van der Waals surface area contributed by atoms with Crippen molar-refractivity contribution in [1.29, 1.82) is 0 Å². The standard InChI is InChI=1S/C12H17BrN2O/c1-7(2)11(14)12(16)15-9-5-4-8(3)10(13)6-9/h4-7,11H,14H2,1-3H3,(H,15,16)/t11-/m0/s1. The molecule has 0 unspecified atom stereocenters. The molecule has 1 amide bonds. The molecule has 4 heteroatoms. The van der Waals surface area contributed by atoms with E-state index >= 15 is 0 Å². The van der Waals surface area contributed by atoms with E-state index in [4.69, 9.17) is 5.73 Å². The predicted molar refractivity (Wildman–Crippen MR) is 70.3 cm³/mol. The van der Waals surface area contributed by atoms with Gasteiger partial charge in [-0.3, -0.25) is 4.79 Å². The van der Waals surface area contributed by atoms with Crippen molar-refractivity contribution in [2.24, 2.45) is 11.7 Å². The van der Waals surface area contributed by atoms with Gasteiger partial charge in [0.25, 0.3) is 0 Å². The topological polar surface area (TPSA) is 55.1 Å². The highest BCUT2D eigenvalue weighted by Gasteiger charge is 2.17. The first kappa shape index (κ1) is 13.2. The second-order valence-electron chi connectivity index (χ2n) is 4.22. The highest BCUT2D eigenvalue weighted by atomic mass is 79.9. The van der Waals surface area contributed by atoms with Crippen LogP contribution in [-0.2, 0) is 4.79 Å². The lowest BCUT2D eigenvalue weighted by atomic mass is 10.0. The SMILES string of the molecule is Cc1ccc(NC(=O)[C@@H](N)C(C)C)cc1Br. The van der Waals surface area contributed by atoms with E-state index in [0.717, 1.165) is 15.7 Å². The van der Waals surface area contributed by atoms with Crippen LogP contribution >= 0.6 is 15.9 Å². The summed E-state index contributed by atoms with van der Waals surface area (Å²) >= 11 is 3.42. The van der Waals surface area contributed by atoms with Crippen LogP contribution in [0.1, 0.15) is 19.4 Å². The van der Waals surface area contributed by atoms with Crippen molar-refractivity contribution < 1.29 is 4.79 Å². The molecule has 0 radical (unpaired) electrons. The van der Waals surface area contributed by atoms with Crippen LogP contribution in [-0.4, -0.2) is 11.9 Å². The summed E-state index contributed by atoms with van der Waals surface area (Å²) in [7, 11) is 0. The first-order chi connectivity index (χ1) is 7.41. The summed E-state index contributed by atoms with van der Waals surface area (Å²) in [4.78, 5) is 11.7. The molecule has 0 heterocycles. The van der Waals surface area contributed by atoms with E-state index in [-0.39, 0.29) is 11.8 Å². The van der Waals surface area contributed by atoms with E-state index in [1.807, 2.05) is 39.0 Å². The molecule has 0 saturated carbocycles. The van der Waals surface area contributed by atoms with E-state index in [0.29, 0.717) is 0 Å². The van der Waals surface area contributed by atoms with Gasteiger partial charge in [0.1, 0.15) is 0 Å². The van der Waals surface area contributed by atoms with Gasteiger partial charge in [0.15, 0.2) is 0 Å². The number of rotatable bonds is 3. The molecule has 1 rings (SSSR count). The average Bonchev–Trinajstić information content (AvgIpc) is 2.22. The van der Waals surface area contributed by atoms with Crippen LogP contribution in [0.15, 0.2) is 22.7 Å². The highest BCUT2D eigenvalue weighted by molar-refractivity contribution is 9.10. The van der Waals surface area contributed by atoms with Crippen molar-refractivity contribution in [3.8, 4) is 0 Å². The van der Waals surface area contributed by atoms with Gasteiger partial charge < -0.3 is 11.1 Å². The van der Waals surface area contributed by atoms with Gasteiger partial charge in [0.05, 0.1) is 6.04 Å². The molecule has 88 valence electrons. The normalized spacial score (nSPS) is 12.6. The van der Waals surface area contributed by atoms with E-state index in [2.05, 4.69) is 21.2 Å². The number of aryl methyl sites for hydroxylation is 1. The smallest absolute Gasteiger partial charge is 0.241 e. The lowest BCUT2D eigenvalue weighted by molar-refractivity contribution is -0.118. The van der Waals surface area contributed by atoms with Crippen LogP contribution in [0.2, 0.25) is 0 Å². The maximum atomic E-state index is 11.7. The van der Waals surface area contributed by atoms with Crippen molar-refractivity contribution in [3.05, 3.63) is 28.2 Å². The molecule has 0 fully saturated rings. The molecule has 1 aromatic rings. The van der Waals surface area contributed by atoms with Crippen LogP contribution in [0.3, 0.4) is 0 Å². The number of hydrogen-bond acceptors (Lipinski definition) is 2. The number of carbonyl (C=O) groups is 1. The van der Waals surface area contributed by atoms with Crippen molar-refractivity contribution in [2.45, 2.75) is 26.8 Å². The van der Waals surface area contributed by atoms with Gasteiger partial charge >= 0.3 is 0 Å². The molecule has 0 aliphatic rings. The fourth-order valence-corrected chi connectivity index (χ4v) is 1.58. The number of carbonyl (C=O) groups excluding carboxylic acids is 1. The van der Waals surface area contributed by atoms with E-state index < -0.39 is 6.04 Å².